The van der Waals surface area contributed by atoms with Crippen LogP contribution in [0.3, 0.4) is 0 Å². The van der Waals surface area contributed by atoms with E-state index in [2.05, 4.69) is 0 Å². The Balaban J connectivity index is 1.75. The number of carboxylic acid groups (broad SMARTS) is 1. The van der Waals surface area contributed by atoms with Crippen molar-refractivity contribution in [3.63, 3.8) is 0 Å². The van der Waals surface area contributed by atoms with E-state index in [4.69, 9.17) is 4.74 Å². The number of likely N-dealkylation sites (tertiary alicyclic amines) is 1. The van der Waals surface area contributed by atoms with Gasteiger partial charge in [-0.3, -0.25) is 0 Å². The number of carbonyl (C=O) groups excluding carboxylic acids is 1. The largest absolute Gasteiger partial charge is 0.465 e. The molecule has 1 amide bonds. The van der Waals surface area contributed by atoms with Gasteiger partial charge in [-0.15, -0.1) is 0 Å². The Bertz CT molecular complexity index is 702. The lowest BCUT2D eigenvalue weighted by molar-refractivity contribution is 0.0207. The summed E-state index contributed by atoms with van der Waals surface area (Å²) in [6, 6.07) is 18.1. The number of hydrogen-bond donors (Lipinski definition) is 1. The third-order valence-corrected chi connectivity index (χ3v) is 4.29. The van der Waals surface area contributed by atoms with Crippen molar-refractivity contribution in [3.05, 3.63) is 71.8 Å². The number of amides is 1. The monoisotopic (exact) mass is 325 g/mol. The molecule has 5 nitrogen and oxygen atoms in total. The molecule has 2 atom stereocenters. The fourth-order valence-electron chi connectivity index (χ4n) is 3.08. The fourth-order valence-corrected chi connectivity index (χ4v) is 3.08. The molecule has 1 N–H and O–H groups in total. The van der Waals surface area contributed by atoms with E-state index in [0.717, 1.165) is 5.56 Å². The van der Waals surface area contributed by atoms with E-state index in [-0.39, 0.29) is 6.04 Å². The number of benzene rings is 2. The van der Waals surface area contributed by atoms with Gasteiger partial charge in [0, 0.05) is 13.0 Å². The van der Waals surface area contributed by atoms with Gasteiger partial charge in [-0.05, 0) is 24.1 Å². The van der Waals surface area contributed by atoms with E-state index >= 15 is 0 Å². The second kappa shape index (κ2) is 7.17. The molecule has 3 rings (SSSR count). The van der Waals surface area contributed by atoms with Gasteiger partial charge in [0.15, 0.2) is 0 Å². The molecule has 0 aliphatic carbocycles. The lowest BCUT2D eigenvalue weighted by Crippen LogP contribution is -2.41. The van der Waals surface area contributed by atoms with E-state index in [9.17, 15) is 14.7 Å². The maximum Gasteiger partial charge on any atom is 0.407 e. The minimum Gasteiger partial charge on any atom is -0.465 e. The average molecular weight is 325 g/mol. The normalized spacial score (nSPS) is 19.9. The van der Waals surface area contributed by atoms with E-state index in [1.54, 1.807) is 24.3 Å². The number of esters is 1. The van der Waals surface area contributed by atoms with Gasteiger partial charge in [0.25, 0.3) is 0 Å². The molecule has 1 aliphatic heterocycles. The Morgan fingerprint density at radius 3 is 2.29 bits per heavy atom. The smallest absolute Gasteiger partial charge is 0.407 e. The van der Waals surface area contributed by atoms with Crippen LogP contribution in [-0.2, 0) is 11.2 Å². The van der Waals surface area contributed by atoms with Crippen molar-refractivity contribution in [2.45, 2.75) is 25.0 Å². The lowest BCUT2D eigenvalue weighted by Gasteiger charge is -2.26. The number of nitrogens with zero attached hydrogens (tertiary/aromatic N) is 1. The third kappa shape index (κ3) is 3.56. The number of ether oxygens (including phenoxy) is 1. The van der Waals surface area contributed by atoms with Gasteiger partial charge in [-0.2, -0.15) is 0 Å². The standard InChI is InChI=1S/C19H19NO4/c21-18(15-9-5-2-6-10-15)24-17-11-12-20(19(22)23)16(17)13-14-7-3-1-4-8-14/h1-10,16-17H,11-13H2,(H,22,23)/t16-,17+/m0/s1. The first-order valence-electron chi connectivity index (χ1n) is 7.94. The lowest BCUT2D eigenvalue weighted by atomic mass is 10.0. The maximum absolute atomic E-state index is 12.3. The zero-order valence-corrected chi connectivity index (χ0v) is 13.2. The minimum absolute atomic E-state index is 0.363. The van der Waals surface area contributed by atoms with Gasteiger partial charge < -0.3 is 14.7 Å². The van der Waals surface area contributed by atoms with Crippen LogP contribution in [0.1, 0.15) is 22.3 Å². The number of rotatable bonds is 4. The molecule has 0 bridgehead atoms. The Morgan fingerprint density at radius 2 is 1.67 bits per heavy atom. The van der Waals surface area contributed by atoms with Crippen molar-refractivity contribution >= 4 is 12.1 Å². The van der Waals surface area contributed by atoms with Crippen LogP contribution in [0.2, 0.25) is 0 Å². The van der Waals surface area contributed by atoms with E-state index < -0.39 is 18.2 Å². The molecule has 1 heterocycles. The molecule has 1 saturated heterocycles. The summed E-state index contributed by atoms with van der Waals surface area (Å²) in [5, 5.41) is 9.42. The van der Waals surface area contributed by atoms with Gasteiger partial charge >= 0.3 is 12.1 Å². The summed E-state index contributed by atoms with van der Waals surface area (Å²) in [5.74, 6) is -0.411. The molecule has 0 spiro atoms. The number of carbonyl (C=O) groups is 2. The molecule has 5 heteroatoms. The van der Waals surface area contributed by atoms with Crippen LogP contribution < -0.4 is 0 Å². The second-order valence-electron chi connectivity index (χ2n) is 5.83. The zero-order chi connectivity index (χ0) is 16.9. The van der Waals surface area contributed by atoms with Crippen molar-refractivity contribution in [1.29, 1.82) is 0 Å². The van der Waals surface area contributed by atoms with Crippen molar-refractivity contribution < 1.29 is 19.4 Å². The number of hydrogen-bond acceptors (Lipinski definition) is 3. The molecule has 2 aromatic rings. The van der Waals surface area contributed by atoms with Crippen molar-refractivity contribution in [2.24, 2.45) is 0 Å². The predicted molar refractivity (Wildman–Crippen MR) is 88.9 cm³/mol. The van der Waals surface area contributed by atoms with Gasteiger partial charge in [-0.1, -0.05) is 48.5 Å². The summed E-state index contributed by atoms with van der Waals surface area (Å²) >= 11 is 0. The highest BCUT2D eigenvalue weighted by Gasteiger charge is 2.39. The Hall–Kier alpha value is -2.82. The van der Waals surface area contributed by atoms with Gasteiger partial charge in [-0.25, -0.2) is 9.59 Å². The topological polar surface area (TPSA) is 66.8 Å². The highest BCUT2D eigenvalue weighted by molar-refractivity contribution is 5.89. The molecule has 0 unspecified atom stereocenters. The fraction of sp³-hybridized carbons (Fsp3) is 0.263. The maximum atomic E-state index is 12.3. The van der Waals surface area contributed by atoms with E-state index in [1.807, 2.05) is 36.4 Å². The van der Waals surface area contributed by atoms with E-state index in [0.29, 0.717) is 24.9 Å². The van der Waals surface area contributed by atoms with E-state index in [1.165, 1.54) is 4.90 Å². The Morgan fingerprint density at radius 1 is 1.04 bits per heavy atom. The van der Waals surface area contributed by atoms with Gasteiger partial charge in [0.05, 0.1) is 11.6 Å². The molecular weight excluding hydrogens is 306 g/mol. The molecular formula is C19H19NO4. The van der Waals surface area contributed by atoms with Crippen LogP contribution in [-0.4, -0.2) is 40.8 Å². The predicted octanol–water partition coefficient (Wildman–Crippen LogP) is 3.21. The third-order valence-electron chi connectivity index (χ3n) is 4.29. The van der Waals surface area contributed by atoms with Gasteiger partial charge in [0.1, 0.15) is 6.10 Å². The van der Waals surface area contributed by atoms with Crippen LogP contribution in [0.4, 0.5) is 4.79 Å². The molecule has 2 aromatic carbocycles. The second-order valence-corrected chi connectivity index (χ2v) is 5.83. The summed E-state index contributed by atoms with van der Waals surface area (Å²) in [4.78, 5) is 25.1. The zero-order valence-electron chi connectivity index (χ0n) is 13.2. The van der Waals surface area contributed by atoms with Crippen LogP contribution in [0.25, 0.3) is 0 Å². The molecule has 0 saturated carbocycles. The van der Waals surface area contributed by atoms with Crippen LogP contribution in [0.5, 0.6) is 0 Å². The summed E-state index contributed by atoms with van der Waals surface area (Å²) in [7, 11) is 0. The first-order valence-corrected chi connectivity index (χ1v) is 7.94. The van der Waals surface area contributed by atoms with Crippen molar-refractivity contribution in [2.75, 3.05) is 6.54 Å². The average Bonchev–Trinajstić information content (AvgIpc) is 2.99. The van der Waals surface area contributed by atoms with Crippen molar-refractivity contribution in [1.82, 2.24) is 4.90 Å². The molecule has 0 aromatic heterocycles. The summed E-state index contributed by atoms with van der Waals surface area (Å²) < 4.78 is 5.62. The summed E-state index contributed by atoms with van der Waals surface area (Å²) in [6.07, 6.45) is -0.370. The highest BCUT2D eigenvalue weighted by atomic mass is 16.5. The first kappa shape index (κ1) is 16.1. The molecule has 124 valence electrons. The first-order chi connectivity index (χ1) is 11.6. The molecule has 0 radical (unpaired) electrons. The van der Waals surface area contributed by atoms with Crippen LogP contribution >= 0.6 is 0 Å². The quantitative estimate of drug-likeness (QED) is 0.877. The SMILES string of the molecule is O=C(O[C@@H]1CCN(C(=O)O)[C@H]1Cc1ccccc1)c1ccccc1. The summed E-state index contributed by atoms with van der Waals surface area (Å²) in [6.45, 7) is 0.375. The molecule has 1 fully saturated rings. The van der Waals surface area contributed by atoms with Crippen molar-refractivity contribution in [3.8, 4) is 0 Å². The highest BCUT2D eigenvalue weighted by Crippen LogP contribution is 2.25. The Labute approximate surface area is 140 Å². The summed E-state index contributed by atoms with van der Waals surface area (Å²) in [5.41, 5.74) is 1.50. The molecule has 1 aliphatic rings. The van der Waals surface area contributed by atoms with Crippen LogP contribution in [0.15, 0.2) is 60.7 Å². The van der Waals surface area contributed by atoms with Gasteiger partial charge in [0.2, 0.25) is 0 Å². The minimum atomic E-state index is -0.978. The van der Waals surface area contributed by atoms with Crippen LogP contribution in [0, 0.1) is 0 Å². The Kier molecular flexibility index (Phi) is 4.79. The molecule has 24 heavy (non-hydrogen) atoms.